The van der Waals surface area contributed by atoms with Crippen LogP contribution < -0.4 is 10.9 Å². The van der Waals surface area contributed by atoms with E-state index in [1.54, 1.807) is 16.8 Å². The Morgan fingerprint density at radius 1 is 1.27 bits per heavy atom. The molecule has 0 radical (unpaired) electrons. The smallest absolute Gasteiger partial charge is 0.250 e. The minimum absolute atomic E-state index is 0.0620. The molecule has 122 valence electrons. The quantitative estimate of drug-likeness (QED) is 0.782. The summed E-state index contributed by atoms with van der Waals surface area (Å²) in [6.07, 6.45) is 10.6. The summed E-state index contributed by atoms with van der Waals surface area (Å²) in [5.41, 5.74) is -0.0620. The van der Waals surface area contributed by atoms with Gasteiger partial charge in [-0.05, 0) is 24.8 Å². The van der Waals surface area contributed by atoms with Crippen LogP contribution in [0.2, 0.25) is 5.02 Å². The van der Waals surface area contributed by atoms with Gasteiger partial charge in [0.1, 0.15) is 0 Å². The molecular formula is C17H25ClN2O2. The van der Waals surface area contributed by atoms with Gasteiger partial charge in [-0.3, -0.25) is 9.59 Å². The van der Waals surface area contributed by atoms with Gasteiger partial charge in [0.2, 0.25) is 5.91 Å². The summed E-state index contributed by atoms with van der Waals surface area (Å²) in [4.78, 5) is 23.4. The topological polar surface area (TPSA) is 51.1 Å². The molecule has 5 heteroatoms. The zero-order chi connectivity index (χ0) is 15.8. The van der Waals surface area contributed by atoms with Crippen molar-refractivity contribution >= 4 is 17.5 Å². The van der Waals surface area contributed by atoms with Crippen LogP contribution in [0, 0.1) is 5.92 Å². The Labute approximate surface area is 136 Å². The molecule has 1 fully saturated rings. The van der Waals surface area contributed by atoms with Crippen LogP contribution in [-0.4, -0.2) is 17.0 Å². The first kappa shape index (κ1) is 17.1. The van der Waals surface area contributed by atoms with Crippen molar-refractivity contribution in [2.45, 2.75) is 57.9 Å². The summed E-state index contributed by atoms with van der Waals surface area (Å²) >= 11 is 5.87. The fourth-order valence-corrected chi connectivity index (χ4v) is 3.23. The molecule has 0 unspecified atom stereocenters. The average Bonchev–Trinajstić information content (AvgIpc) is 2.53. The summed E-state index contributed by atoms with van der Waals surface area (Å²) in [5.74, 6) is 0.869. The van der Waals surface area contributed by atoms with Crippen molar-refractivity contribution in [1.29, 1.82) is 0 Å². The molecule has 1 N–H and O–H groups in total. The first-order valence-corrected chi connectivity index (χ1v) is 8.65. The lowest BCUT2D eigenvalue weighted by molar-refractivity contribution is -0.121. The number of hydrogen-bond acceptors (Lipinski definition) is 2. The van der Waals surface area contributed by atoms with Crippen LogP contribution >= 0.6 is 11.6 Å². The van der Waals surface area contributed by atoms with Crippen molar-refractivity contribution in [3.63, 3.8) is 0 Å². The van der Waals surface area contributed by atoms with Gasteiger partial charge in [0, 0.05) is 31.8 Å². The van der Waals surface area contributed by atoms with E-state index >= 15 is 0 Å². The molecule has 1 aromatic heterocycles. The highest BCUT2D eigenvalue weighted by Crippen LogP contribution is 2.27. The van der Waals surface area contributed by atoms with Crippen molar-refractivity contribution in [2.24, 2.45) is 5.92 Å². The minimum Gasteiger partial charge on any atom is -0.356 e. The maximum absolute atomic E-state index is 11.8. The van der Waals surface area contributed by atoms with Gasteiger partial charge in [-0.1, -0.05) is 43.7 Å². The highest BCUT2D eigenvalue weighted by molar-refractivity contribution is 6.30. The summed E-state index contributed by atoms with van der Waals surface area (Å²) in [5, 5.41) is 3.49. The summed E-state index contributed by atoms with van der Waals surface area (Å²) in [7, 11) is 0. The fourth-order valence-electron chi connectivity index (χ4n) is 3.05. The van der Waals surface area contributed by atoms with Crippen molar-refractivity contribution in [2.75, 3.05) is 6.54 Å². The number of halogens is 1. The molecule has 1 heterocycles. The van der Waals surface area contributed by atoms with Gasteiger partial charge in [-0.2, -0.15) is 0 Å². The van der Waals surface area contributed by atoms with Crippen LogP contribution in [0.5, 0.6) is 0 Å². The lowest BCUT2D eigenvalue weighted by Gasteiger charge is -2.20. The van der Waals surface area contributed by atoms with E-state index in [0.29, 0.717) is 24.5 Å². The predicted molar refractivity (Wildman–Crippen MR) is 89.1 cm³/mol. The van der Waals surface area contributed by atoms with Gasteiger partial charge in [-0.15, -0.1) is 0 Å². The molecule has 0 saturated heterocycles. The molecule has 22 heavy (non-hydrogen) atoms. The summed E-state index contributed by atoms with van der Waals surface area (Å²) in [6.45, 7) is 1.17. The Hall–Kier alpha value is -1.29. The van der Waals surface area contributed by atoms with E-state index in [1.165, 1.54) is 38.2 Å². The molecule has 0 aromatic carbocycles. The monoisotopic (exact) mass is 324 g/mol. The number of aryl methyl sites for hydroxylation is 1. The third-order valence-corrected chi connectivity index (χ3v) is 4.57. The maximum atomic E-state index is 11.8. The summed E-state index contributed by atoms with van der Waals surface area (Å²) in [6, 6.07) is 3.05. The Kier molecular flexibility index (Phi) is 6.97. The van der Waals surface area contributed by atoms with Crippen LogP contribution in [0.25, 0.3) is 0 Å². The second kappa shape index (κ2) is 8.99. The molecule has 2 rings (SSSR count). The zero-order valence-corrected chi connectivity index (χ0v) is 13.8. The molecule has 0 bridgehead atoms. The second-order valence-electron chi connectivity index (χ2n) is 6.13. The molecule has 1 amide bonds. The van der Waals surface area contributed by atoms with Crippen molar-refractivity contribution in [3.05, 3.63) is 33.7 Å². The number of nitrogens with zero attached hydrogens (tertiary/aromatic N) is 1. The van der Waals surface area contributed by atoms with Crippen molar-refractivity contribution in [3.8, 4) is 0 Å². The van der Waals surface area contributed by atoms with Gasteiger partial charge < -0.3 is 9.88 Å². The number of nitrogens with one attached hydrogen (secondary N) is 1. The molecule has 1 saturated carbocycles. The lowest BCUT2D eigenvalue weighted by atomic mass is 9.86. The zero-order valence-electron chi connectivity index (χ0n) is 13.0. The van der Waals surface area contributed by atoms with E-state index in [-0.39, 0.29) is 11.5 Å². The number of hydrogen-bond donors (Lipinski definition) is 1. The molecule has 1 aliphatic rings. The maximum Gasteiger partial charge on any atom is 0.250 e. The SMILES string of the molecule is O=C(CCC1CCCCC1)NCCCn1cc(Cl)ccc1=O. The molecule has 0 aliphatic heterocycles. The number of rotatable bonds is 7. The van der Waals surface area contributed by atoms with E-state index in [9.17, 15) is 9.59 Å². The van der Waals surface area contributed by atoms with Crippen LogP contribution in [0.3, 0.4) is 0 Å². The number of aromatic nitrogens is 1. The molecule has 1 aliphatic carbocycles. The van der Waals surface area contributed by atoms with Gasteiger partial charge >= 0.3 is 0 Å². The van der Waals surface area contributed by atoms with Crippen LogP contribution in [-0.2, 0) is 11.3 Å². The largest absolute Gasteiger partial charge is 0.356 e. The molecular weight excluding hydrogens is 300 g/mol. The minimum atomic E-state index is -0.0620. The average molecular weight is 325 g/mol. The highest BCUT2D eigenvalue weighted by atomic mass is 35.5. The molecule has 4 nitrogen and oxygen atoms in total. The van der Waals surface area contributed by atoms with E-state index < -0.39 is 0 Å². The van der Waals surface area contributed by atoms with Crippen molar-refractivity contribution in [1.82, 2.24) is 9.88 Å². The van der Waals surface area contributed by atoms with Crippen LogP contribution in [0.15, 0.2) is 23.1 Å². The Bertz CT molecular complexity index is 536. The number of pyridine rings is 1. The lowest BCUT2D eigenvalue weighted by Crippen LogP contribution is -2.27. The van der Waals surface area contributed by atoms with Gasteiger partial charge in [0.05, 0.1) is 5.02 Å². The number of carbonyl (C=O) groups is 1. The van der Waals surface area contributed by atoms with Gasteiger partial charge in [0.25, 0.3) is 5.56 Å². The van der Waals surface area contributed by atoms with E-state index in [2.05, 4.69) is 5.32 Å². The van der Waals surface area contributed by atoms with Crippen LogP contribution in [0.4, 0.5) is 0 Å². The Morgan fingerprint density at radius 2 is 2.05 bits per heavy atom. The highest BCUT2D eigenvalue weighted by Gasteiger charge is 2.14. The third kappa shape index (κ3) is 5.84. The fraction of sp³-hybridized carbons (Fsp3) is 0.647. The van der Waals surface area contributed by atoms with E-state index in [1.807, 2.05) is 0 Å². The van der Waals surface area contributed by atoms with Crippen LogP contribution in [0.1, 0.15) is 51.4 Å². The number of amides is 1. The first-order valence-electron chi connectivity index (χ1n) is 8.28. The second-order valence-corrected chi connectivity index (χ2v) is 6.56. The predicted octanol–water partition coefficient (Wildman–Crippen LogP) is 3.37. The van der Waals surface area contributed by atoms with Gasteiger partial charge in [-0.25, -0.2) is 0 Å². The molecule has 0 spiro atoms. The normalized spacial score (nSPS) is 15.7. The van der Waals surface area contributed by atoms with E-state index in [4.69, 9.17) is 11.6 Å². The Balaban J connectivity index is 1.60. The Morgan fingerprint density at radius 3 is 2.82 bits per heavy atom. The number of carbonyl (C=O) groups excluding carboxylic acids is 1. The van der Waals surface area contributed by atoms with Crippen molar-refractivity contribution < 1.29 is 4.79 Å². The van der Waals surface area contributed by atoms with E-state index in [0.717, 1.165) is 18.8 Å². The third-order valence-electron chi connectivity index (χ3n) is 4.35. The first-order chi connectivity index (χ1) is 10.6. The van der Waals surface area contributed by atoms with Gasteiger partial charge in [0.15, 0.2) is 0 Å². The summed E-state index contributed by atoms with van der Waals surface area (Å²) < 4.78 is 1.58. The standard InChI is InChI=1S/C17H25ClN2O2/c18-15-8-10-17(22)20(13-15)12-4-11-19-16(21)9-7-14-5-2-1-3-6-14/h8,10,13-14H,1-7,9,11-12H2,(H,19,21). The molecule has 0 atom stereocenters. The molecule has 1 aromatic rings.